The molecule has 5 heteroatoms. The van der Waals surface area contributed by atoms with Crippen LogP contribution in [0.15, 0.2) is 48.7 Å². The lowest BCUT2D eigenvalue weighted by Crippen LogP contribution is -2.66. The average Bonchev–Trinajstić information content (AvgIpc) is 3.05. The SMILES string of the molecule is Cc1cccc(C(=O)N2CC3(C2)OCC[C@H]3CCOc2ccccn2)c1. The van der Waals surface area contributed by atoms with Crippen LogP contribution in [0.25, 0.3) is 0 Å². The Morgan fingerprint density at radius 1 is 1.31 bits per heavy atom. The van der Waals surface area contributed by atoms with Gasteiger partial charge in [0.1, 0.15) is 5.60 Å². The van der Waals surface area contributed by atoms with Gasteiger partial charge in [0.2, 0.25) is 5.88 Å². The molecule has 1 spiro atoms. The quantitative estimate of drug-likeness (QED) is 0.830. The molecule has 2 aromatic rings. The molecule has 0 aliphatic carbocycles. The minimum atomic E-state index is -0.188. The smallest absolute Gasteiger partial charge is 0.254 e. The third-order valence-electron chi connectivity index (χ3n) is 5.42. The van der Waals surface area contributed by atoms with Gasteiger partial charge in [-0.05, 0) is 43.9 Å². The number of hydrogen-bond donors (Lipinski definition) is 0. The van der Waals surface area contributed by atoms with Crippen molar-refractivity contribution < 1.29 is 14.3 Å². The van der Waals surface area contributed by atoms with Crippen molar-refractivity contribution in [1.29, 1.82) is 0 Å². The number of benzene rings is 1. The summed E-state index contributed by atoms with van der Waals surface area (Å²) in [6, 6.07) is 13.4. The van der Waals surface area contributed by atoms with Crippen molar-refractivity contribution in [2.75, 3.05) is 26.3 Å². The zero-order valence-electron chi connectivity index (χ0n) is 15.1. The van der Waals surface area contributed by atoms with Gasteiger partial charge in [0, 0.05) is 24.4 Å². The molecule has 5 nitrogen and oxygen atoms in total. The predicted molar refractivity (Wildman–Crippen MR) is 98.2 cm³/mol. The van der Waals surface area contributed by atoms with E-state index in [-0.39, 0.29) is 11.5 Å². The van der Waals surface area contributed by atoms with Crippen LogP contribution in [-0.2, 0) is 4.74 Å². The van der Waals surface area contributed by atoms with Gasteiger partial charge < -0.3 is 14.4 Å². The van der Waals surface area contributed by atoms with Crippen molar-refractivity contribution in [2.45, 2.75) is 25.4 Å². The number of carbonyl (C=O) groups is 1. The van der Waals surface area contributed by atoms with E-state index in [4.69, 9.17) is 9.47 Å². The van der Waals surface area contributed by atoms with E-state index >= 15 is 0 Å². The Morgan fingerprint density at radius 3 is 2.96 bits per heavy atom. The van der Waals surface area contributed by atoms with E-state index in [1.54, 1.807) is 6.20 Å². The second kappa shape index (κ2) is 7.08. The second-order valence-electron chi connectivity index (χ2n) is 7.23. The maximum atomic E-state index is 12.7. The Hall–Kier alpha value is -2.40. The van der Waals surface area contributed by atoms with Crippen LogP contribution in [0.3, 0.4) is 0 Å². The molecule has 0 bridgehead atoms. The van der Waals surface area contributed by atoms with Gasteiger partial charge in [-0.15, -0.1) is 0 Å². The minimum absolute atomic E-state index is 0.0957. The number of aromatic nitrogens is 1. The Balaban J connectivity index is 1.32. The molecule has 0 unspecified atom stereocenters. The highest BCUT2D eigenvalue weighted by atomic mass is 16.5. The number of rotatable bonds is 5. The van der Waals surface area contributed by atoms with Crippen LogP contribution in [0.5, 0.6) is 5.88 Å². The first kappa shape index (κ1) is 17.0. The molecule has 136 valence electrons. The Bertz CT molecular complexity index is 772. The highest BCUT2D eigenvalue weighted by Crippen LogP contribution is 2.42. The fourth-order valence-electron chi connectivity index (χ4n) is 3.98. The number of nitrogens with zero attached hydrogens (tertiary/aromatic N) is 2. The molecule has 2 aliphatic heterocycles. The summed E-state index contributed by atoms with van der Waals surface area (Å²) in [5.74, 6) is 1.18. The van der Waals surface area contributed by atoms with E-state index in [1.807, 2.05) is 54.3 Å². The first-order chi connectivity index (χ1) is 12.7. The van der Waals surface area contributed by atoms with Crippen LogP contribution in [0, 0.1) is 12.8 Å². The summed E-state index contributed by atoms with van der Waals surface area (Å²) in [5.41, 5.74) is 1.67. The molecule has 0 N–H and O–H groups in total. The van der Waals surface area contributed by atoms with E-state index in [0.717, 1.165) is 30.6 Å². The highest BCUT2D eigenvalue weighted by Gasteiger charge is 2.54. The molecule has 2 saturated heterocycles. The number of carbonyl (C=O) groups excluding carboxylic acids is 1. The third kappa shape index (κ3) is 3.31. The summed E-state index contributed by atoms with van der Waals surface area (Å²) < 4.78 is 11.8. The number of ether oxygens (including phenoxy) is 2. The predicted octanol–water partition coefficient (Wildman–Crippen LogP) is 3.09. The van der Waals surface area contributed by atoms with Gasteiger partial charge in [-0.1, -0.05) is 23.8 Å². The molecule has 2 aliphatic rings. The van der Waals surface area contributed by atoms with Gasteiger partial charge in [-0.25, -0.2) is 4.98 Å². The van der Waals surface area contributed by atoms with Crippen molar-refractivity contribution in [1.82, 2.24) is 9.88 Å². The van der Waals surface area contributed by atoms with E-state index in [9.17, 15) is 4.79 Å². The van der Waals surface area contributed by atoms with Crippen LogP contribution in [0.4, 0.5) is 0 Å². The molecule has 26 heavy (non-hydrogen) atoms. The van der Waals surface area contributed by atoms with Gasteiger partial charge in [0.05, 0.1) is 19.7 Å². The van der Waals surface area contributed by atoms with Gasteiger partial charge in [-0.2, -0.15) is 0 Å². The normalized spacial score (nSPS) is 20.8. The van der Waals surface area contributed by atoms with Gasteiger partial charge in [0.25, 0.3) is 5.91 Å². The van der Waals surface area contributed by atoms with E-state index in [1.165, 1.54) is 0 Å². The maximum absolute atomic E-state index is 12.7. The van der Waals surface area contributed by atoms with Crippen LogP contribution >= 0.6 is 0 Å². The Morgan fingerprint density at radius 2 is 2.19 bits per heavy atom. The highest BCUT2D eigenvalue weighted by molar-refractivity contribution is 5.95. The van der Waals surface area contributed by atoms with Crippen LogP contribution in [0.1, 0.15) is 28.8 Å². The molecular weight excluding hydrogens is 328 g/mol. The summed E-state index contributed by atoms with van der Waals surface area (Å²) in [5, 5.41) is 0. The second-order valence-corrected chi connectivity index (χ2v) is 7.23. The summed E-state index contributed by atoms with van der Waals surface area (Å²) in [7, 11) is 0. The van der Waals surface area contributed by atoms with Crippen molar-refractivity contribution in [2.24, 2.45) is 5.92 Å². The van der Waals surface area contributed by atoms with Gasteiger partial charge in [-0.3, -0.25) is 4.79 Å². The first-order valence-electron chi connectivity index (χ1n) is 9.20. The number of pyridine rings is 1. The molecule has 0 radical (unpaired) electrons. The Kier molecular flexibility index (Phi) is 4.64. The number of aryl methyl sites for hydroxylation is 1. The van der Waals surface area contributed by atoms with Crippen LogP contribution in [-0.4, -0.2) is 47.7 Å². The van der Waals surface area contributed by atoms with Crippen molar-refractivity contribution in [3.8, 4) is 5.88 Å². The van der Waals surface area contributed by atoms with Crippen LogP contribution < -0.4 is 4.74 Å². The molecule has 3 heterocycles. The number of hydrogen-bond acceptors (Lipinski definition) is 4. The molecule has 1 aromatic carbocycles. The molecular formula is C21H24N2O3. The van der Waals surface area contributed by atoms with E-state index in [0.29, 0.717) is 31.5 Å². The molecule has 4 rings (SSSR count). The lowest BCUT2D eigenvalue weighted by Gasteiger charge is -2.50. The first-order valence-corrected chi connectivity index (χ1v) is 9.20. The maximum Gasteiger partial charge on any atom is 0.254 e. The minimum Gasteiger partial charge on any atom is -0.478 e. The lowest BCUT2D eigenvalue weighted by molar-refractivity contribution is -0.119. The van der Waals surface area contributed by atoms with Gasteiger partial charge in [0.15, 0.2) is 0 Å². The standard InChI is InChI=1S/C21H24N2O3/c1-16-5-4-6-17(13-16)20(24)23-14-21(15-23)18(9-12-26-21)8-11-25-19-7-2-3-10-22-19/h2-7,10,13,18H,8-9,11-12,14-15H2,1H3/t18-/m1/s1. The fourth-order valence-corrected chi connectivity index (χ4v) is 3.98. The average molecular weight is 352 g/mol. The fraction of sp³-hybridized carbons (Fsp3) is 0.429. The molecule has 1 aromatic heterocycles. The molecule has 0 saturated carbocycles. The molecule has 1 atom stereocenters. The lowest BCUT2D eigenvalue weighted by atomic mass is 9.79. The zero-order chi connectivity index (χ0) is 18.0. The summed E-state index contributed by atoms with van der Waals surface area (Å²) in [6.45, 7) is 4.74. The largest absolute Gasteiger partial charge is 0.478 e. The van der Waals surface area contributed by atoms with Crippen molar-refractivity contribution >= 4 is 5.91 Å². The monoisotopic (exact) mass is 352 g/mol. The van der Waals surface area contributed by atoms with Gasteiger partial charge >= 0.3 is 0 Å². The van der Waals surface area contributed by atoms with E-state index < -0.39 is 0 Å². The number of likely N-dealkylation sites (tertiary alicyclic amines) is 1. The summed E-state index contributed by atoms with van der Waals surface area (Å²) in [4.78, 5) is 18.7. The van der Waals surface area contributed by atoms with E-state index in [2.05, 4.69) is 4.98 Å². The zero-order valence-corrected chi connectivity index (χ0v) is 15.1. The molecule has 2 fully saturated rings. The third-order valence-corrected chi connectivity index (χ3v) is 5.42. The Labute approximate surface area is 153 Å². The summed E-state index contributed by atoms with van der Waals surface area (Å²) in [6.07, 6.45) is 3.68. The van der Waals surface area contributed by atoms with Crippen LogP contribution in [0.2, 0.25) is 0 Å². The van der Waals surface area contributed by atoms with Crippen molar-refractivity contribution in [3.05, 3.63) is 59.8 Å². The number of amides is 1. The molecule has 1 amide bonds. The van der Waals surface area contributed by atoms with Crippen molar-refractivity contribution in [3.63, 3.8) is 0 Å². The summed E-state index contributed by atoms with van der Waals surface area (Å²) >= 11 is 0. The topological polar surface area (TPSA) is 51.7 Å².